The van der Waals surface area contributed by atoms with Crippen LogP contribution in [0.5, 0.6) is 0 Å². The van der Waals surface area contributed by atoms with Crippen LogP contribution < -0.4 is 11.5 Å². The largest absolute Gasteiger partial charge is 0.383 e. The van der Waals surface area contributed by atoms with Crippen molar-refractivity contribution in [2.24, 2.45) is 12.8 Å². The number of rotatable bonds is 4. The van der Waals surface area contributed by atoms with Crippen molar-refractivity contribution < 1.29 is 13.6 Å². The van der Waals surface area contributed by atoms with Gasteiger partial charge in [0.05, 0.1) is 28.6 Å². The molecule has 3 heterocycles. The molecule has 4 N–H and O–H groups in total. The molecule has 2 atom stereocenters. The summed E-state index contributed by atoms with van der Waals surface area (Å²) in [4.78, 5) is 21.1. The highest BCUT2D eigenvalue weighted by Gasteiger charge is 2.62. The van der Waals surface area contributed by atoms with E-state index in [2.05, 4.69) is 15.1 Å². The number of nitrogens with zero attached hydrogens (tertiary/aromatic N) is 4. The maximum absolute atomic E-state index is 14.3. The second kappa shape index (κ2) is 6.56. The fourth-order valence-electron chi connectivity index (χ4n) is 4.26. The lowest BCUT2D eigenvalue weighted by atomic mass is 9.94. The first-order valence-corrected chi connectivity index (χ1v) is 9.61. The number of halogens is 2. The number of pyridine rings is 2. The topological polar surface area (TPSA) is 113 Å². The Morgan fingerprint density at radius 1 is 1.23 bits per heavy atom. The average molecular weight is 420 g/mol. The van der Waals surface area contributed by atoms with Gasteiger partial charge in [-0.1, -0.05) is 6.07 Å². The Bertz CT molecular complexity index is 1350. The lowest BCUT2D eigenvalue weighted by Crippen LogP contribution is -2.31. The molecule has 31 heavy (non-hydrogen) atoms. The van der Waals surface area contributed by atoms with Crippen LogP contribution in [0.2, 0.25) is 0 Å². The summed E-state index contributed by atoms with van der Waals surface area (Å²) >= 11 is 0. The van der Waals surface area contributed by atoms with E-state index in [-0.39, 0.29) is 23.0 Å². The number of aryl methyl sites for hydroxylation is 1. The number of amides is 1. The molecule has 1 fully saturated rings. The third-order valence-electron chi connectivity index (χ3n) is 5.95. The Hall–Kier alpha value is -3.88. The van der Waals surface area contributed by atoms with Gasteiger partial charge in [0.1, 0.15) is 17.5 Å². The van der Waals surface area contributed by atoms with E-state index >= 15 is 0 Å². The Kier molecular flexibility index (Phi) is 4.04. The third-order valence-corrected chi connectivity index (χ3v) is 5.95. The van der Waals surface area contributed by atoms with E-state index in [1.807, 2.05) is 6.20 Å². The van der Waals surface area contributed by atoms with Crippen LogP contribution in [0, 0.1) is 11.6 Å². The van der Waals surface area contributed by atoms with Crippen LogP contribution in [0.15, 0.2) is 48.9 Å². The summed E-state index contributed by atoms with van der Waals surface area (Å²) in [6, 6.07) is 6.82. The first-order chi connectivity index (χ1) is 14.8. The van der Waals surface area contributed by atoms with E-state index in [4.69, 9.17) is 11.5 Å². The highest BCUT2D eigenvalue weighted by molar-refractivity contribution is 5.96. The molecule has 1 aromatic carbocycles. The number of aromatic nitrogens is 4. The number of nitrogens with two attached hydrogens (primary N) is 2. The van der Waals surface area contributed by atoms with E-state index in [1.165, 1.54) is 18.3 Å². The van der Waals surface area contributed by atoms with Gasteiger partial charge in [0, 0.05) is 30.7 Å². The van der Waals surface area contributed by atoms with Crippen LogP contribution in [0.1, 0.15) is 23.6 Å². The fourth-order valence-corrected chi connectivity index (χ4v) is 4.26. The van der Waals surface area contributed by atoms with Crippen molar-refractivity contribution in [1.29, 1.82) is 0 Å². The molecule has 4 aromatic rings. The van der Waals surface area contributed by atoms with Crippen molar-refractivity contribution in [3.63, 3.8) is 0 Å². The second-order valence-corrected chi connectivity index (χ2v) is 7.82. The van der Waals surface area contributed by atoms with Gasteiger partial charge in [0.15, 0.2) is 0 Å². The molecule has 0 radical (unpaired) electrons. The minimum Gasteiger partial charge on any atom is -0.383 e. The first-order valence-electron chi connectivity index (χ1n) is 9.61. The van der Waals surface area contributed by atoms with Crippen molar-refractivity contribution in [3.05, 3.63) is 71.8 Å². The summed E-state index contributed by atoms with van der Waals surface area (Å²) in [5.74, 6) is -2.04. The quantitative estimate of drug-likeness (QED) is 0.527. The molecular formula is C22H18F2N6O. The number of anilines is 1. The third kappa shape index (κ3) is 2.84. The molecule has 9 heteroatoms. The molecule has 1 saturated carbocycles. The summed E-state index contributed by atoms with van der Waals surface area (Å²) < 4.78 is 30.2. The van der Waals surface area contributed by atoms with Gasteiger partial charge in [0.2, 0.25) is 5.91 Å². The summed E-state index contributed by atoms with van der Waals surface area (Å²) in [7, 11) is 1.80. The van der Waals surface area contributed by atoms with Crippen LogP contribution in [0.3, 0.4) is 0 Å². The minimum absolute atomic E-state index is 0.0606. The Morgan fingerprint density at radius 3 is 2.61 bits per heavy atom. The van der Waals surface area contributed by atoms with Crippen molar-refractivity contribution in [3.8, 4) is 11.3 Å². The number of carbonyl (C=O) groups excluding carboxylic acids is 1. The normalized spacial score (nSPS) is 20.2. The lowest BCUT2D eigenvalue weighted by Gasteiger charge is -2.15. The van der Waals surface area contributed by atoms with E-state index < -0.39 is 23.0 Å². The van der Waals surface area contributed by atoms with Crippen molar-refractivity contribution in [1.82, 2.24) is 19.7 Å². The predicted octanol–water partition coefficient (Wildman–Crippen LogP) is 2.80. The number of nitrogen functional groups attached to an aromatic ring is 1. The number of hydrogen-bond acceptors (Lipinski definition) is 5. The zero-order chi connectivity index (χ0) is 21.9. The maximum Gasteiger partial charge on any atom is 0.230 e. The number of primary amides is 1. The zero-order valence-corrected chi connectivity index (χ0v) is 16.5. The molecule has 7 nitrogen and oxygen atoms in total. The molecule has 156 valence electrons. The number of hydrogen-bond donors (Lipinski definition) is 2. The Balaban J connectivity index is 1.65. The second-order valence-electron chi connectivity index (χ2n) is 7.82. The minimum atomic E-state index is -0.974. The molecule has 0 saturated heterocycles. The summed E-state index contributed by atoms with van der Waals surface area (Å²) in [5, 5.41) is 5.25. The van der Waals surface area contributed by atoms with Gasteiger partial charge in [-0.2, -0.15) is 5.10 Å². The average Bonchev–Trinajstić information content (AvgIpc) is 3.35. The number of fused-ring (bicyclic) bond motifs is 1. The highest BCUT2D eigenvalue weighted by atomic mass is 19.1. The van der Waals surface area contributed by atoms with Gasteiger partial charge < -0.3 is 11.5 Å². The van der Waals surface area contributed by atoms with Gasteiger partial charge in [-0.15, -0.1) is 0 Å². The highest BCUT2D eigenvalue weighted by Crippen LogP contribution is 2.60. The molecule has 0 spiro atoms. The van der Waals surface area contributed by atoms with Crippen LogP contribution >= 0.6 is 0 Å². The van der Waals surface area contributed by atoms with Gasteiger partial charge in [0.25, 0.3) is 0 Å². The maximum atomic E-state index is 14.3. The summed E-state index contributed by atoms with van der Waals surface area (Å²) in [6.07, 6.45) is 5.56. The molecule has 3 aromatic heterocycles. The lowest BCUT2D eigenvalue weighted by molar-refractivity contribution is -0.120. The van der Waals surface area contributed by atoms with Crippen molar-refractivity contribution in [2.75, 3.05) is 5.73 Å². The van der Waals surface area contributed by atoms with Gasteiger partial charge in [-0.25, -0.2) is 13.8 Å². The van der Waals surface area contributed by atoms with Crippen LogP contribution in [-0.4, -0.2) is 25.7 Å². The zero-order valence-electron chi connectivity index (χ0n) is 16.5. The number of benzene rings is 1. The molecule has 0 bridgehead atoms. The Labute approximate surface area is 175 Å². The van der Waals surface area contributed by atoms with Gasteiger partial charge in [-0.05, 0) is 41.6 Å². The molecule has 1 aliphatic carbocycles. The molecule has 0 aliphatic heterocycles. The molecule has 2 unspecified atom stereocenters. The molecule has 5 rings (SSSR count). The molecular weight excluding hydrogens is 402 g/mol. The van der Waals surface area contributed by atoms with E-state index in [1.54, 1.807) is 24.0 Å². The van der Waals surface area contributed by atoms with Gasteiger partial charge in [-0.3, -0.25) is 14.5 Å². The van der Waals surface area contributed by atoms with E-state index in [0.717, 1.165) is 17.7 Å². The van der Waals surface area contributed by atoms with Crippen molar-refractivity contribution >= 4 is 22.5 Å². The molecule has 1 amide bonds. The fraction of sp³-hybridized carbons (Fsp3) is 0.182. The van der Waals surface area contributed by atoms with E-state index in [9.17, 15) is 13.6 Å². The van der Waals surface area contributed by atoms with Crippen molar-refractivity contribution in [2.45, 2.75) is 17.8 Å². The monoisotopic (exact) mass is 420 g/mol. The standard InChI is InChI=1S/C22H18F2N6O/c1-30-10-12(8-28-30)14-7-22(14,21(26)31)18-6-11-5-17(29-20(25)13(11)9-27-18)19-15(23)3-2-4-16(19)24/h2-6,8-10,14H,7H2,1H3,(H2,25,29)(H2,26,31). The molecule has 1 aliphatic rings. The van der Waals surface area contributed by atoms with Crippen LogP contribution in [-0.2, 0) is 17.3 Å². The van der Waals surface area contributed by atoms with E-state index in [0.29, 0.717) is 22.9 Å². The van der Waals surface area contributed by atoms with Crippen LogP contribution in [0.4, 0.5) is 14.6 Å². The van der Waals surface area contributed by atoms with Gasteiger partial charge >= 0.3 is 0 Å². The predicted molar refractivity (Wildman–Crippen MR) is 111 cm³/mol. The first kappa shape index (κ1) is 19.1. The summed E-state index contributed by atoms with van der Waals surface area (Å²) in [5.41, 5.74) is 12.0. The Morgan fingerprint density at radius 2 is 1.97 bits per heavy atom. The van der Waals surface area contributed by atoms with Crippen LogP contribution in [0.25, 0.3) is 22.0 Å². The summed E-state index contributed by atoms with van der Waals surface area (Å²) in [6.45, 7) is 0. The SMILES string of the molecule is Cn1cc(C2CC2(C(N)=O)c2cc3cc(-c4c(F)cccc4F)nc(N)c3cn2)cn1. The smallest absolute Gasteiger partial charge is 0.230 e. The number of carbonyl (C=O) groups is 1.